The second kappa shape index (κ2) is 6.16. The average molecular weight is 284 g/mol. The molecular formula is C13H18BrNO. The van der Waals surface area contributed by atoms with Crippen molar-refractivity contribution < 1.29 is 4.79 Å². The molecule has 0 radical (unpaired) electrons. The van der Waals surface area contributed by atoms with Gasteiger partial charge < -0.3 is 5.73 Å². The maximum absolute atomic E-state index is 11.9. The second-order valence-electron chi connectivity index (χ2n) is 4.18. The number of halogens is 1. The van der Waals surface area contributed by atoms with Gasteiger partial charge in [-0.05, 0) is 23.6 Å². The molecule has 2 unspecified atom stereocenters. The van der Waals surface area contributed by atoms with Crippen molar-refractivity contribution in [2.24, 2.45) is 11.7 Å². The van der Waals surface area contributed by atoms with Crippen molar-refractivity contribution in [3.8, 4) is 0 Å². The topological polar surface area (TPSA) is 43.1 Å². The monoisotopic (exact) mass is 283 g/mol. The van der Waals surface area contributed by atoms with Crippen LogP contribution in [-0.4, -0.2) is 11.8 Å². The highest BCUT2D eigenvalue weighted by molar-refractivity contribution is 9.10. The molecule has 0 amide bonds. The predicted octanol–water partition coefficient (Wildman–Crippen LogP) is 2.93. The van der Waals surface area contributed by atoms with Gasteiger partial charge in [0.15, 0.2) is 5.78 Å². The summed E-state index contributed by atoms with van der Waals surface area (Å²) in [5.74, 6) is 0.375. The summed E-state index contributed by atoms with van der Waals surface area (Å²) < 4.78 is 1.02. The quantitative estimate of drug-likeness (QED) is 0.903. The Morgan fingerprint density at radius 1 is 1.38 bits per heavy atom. The second-order valence-corrected chi connectivity index (χ2v) is 5.10. The van der Waals surface area contributed by atoms with Gasteiger partial charge in [0, 0.05) is 10.9 Å². The summed E-state index contributed by atoms with van der Waals surface area (Å²) in [6.07, 6.45) is 1.37. The summed E-state index contributed by atoms with van der Waals surface area (Å²) in [5.41, 5.74) is 6.91. The van der Waals surface area contributed by atoms with Crippen LogP contribution in [0.2, 0.25) is 0 Å². The molecule has 1 aromatic rings. The molecule has 0 aliphatic heterocycles. The van der Waals surface area contributed by atoms with Crippen molar-refractivity contribution in [1.29, 1.82) is 0 Å². The lowest BCUT2D eigenvalue weighted by Gasteiger charge is -2.16. The number of ketones is 1. The van der Waals surface area contributed by atoms with Crippen LogP contribution >= 0.6 is 15.9 Å². The first-order chi connectivity index (χ1) is 7.54. The first kappa shape index (κ1) is 13.4. The SMILES string of the molecule is CCC(C)C(N)C(=O)Cc1ccc(Br)cc1. The first-order valence-corrected chi connectivity index (χ1v) is 6.36. The molecule has 0 bridgehead atoms. The van der Waals surface area contributed by atoms with E-state index in [1.807, 2.05) is 31.2 Å². The molecule has 16 heavy (non-hydrogen) atoms. The van der Waals surface area contributed by atoms with E-state index in [2.05, 4.69) is 22.9 Å². The highest BCUT2D eigenvalue weighted by Crippen LogP contribution is 2.13. The van der Waals surface area contributed by atoms with Crippen LogP contribution in [0, 0.1) is 5.92 Å². The molecule has 0 aromatic heterocycles. The van der Waals surface area contributed by atoms with Crippen molar-refractivity contribution in [3.05, 3.63) is 34.3 Å². The number of Topliss-reactive ketones (excluding diaryl/α,β-unsaturated/α-hetero) is 1. The van der Waals surface area contributed by atoms with Gasteiger partial charge in [0.1, 0.15) is 0 Å². The molecule has 2 nitrogen and oxygen atoms in total. The highest BCUT2D eigenvalue weighted by atomic mass is 79.9. The van der Waals surface area contributed by atoms with Crippen molar-refractivity contribution in [3.63, 3.8) is 0 Å². The van der Waals surface area contributed by atoms with Crippen molar-refractivity contribution in [1.82, 2.24) is 0 Å². The van der Waals surface area contributed by atoms with Crippen molar-refractivity contribution in [2.75, 3.05) is 0 Å². The van der Waals surface area contributed by atoms with Crippen LogP contribution in [-0.2, 0) is 11.2 Å². The smallest absolute Gasteiger partial charge is 0.154 e. The molecule has 0 saturated heterocycles. The number of rotatable bonds is 5. The number of carbonyl (C=O) groups excluding carboxylic acids is 1. The normalized spacial score (nSPS) is 14.5. The summed E-state index contributed by atoms with van der Waals surface area (Å²) in [6, 6.07) is 7.44. The summed E-state index contributed by atoms with van der Waals surface area (Å²) in [4.78, 5) is 11.9. The lowest BCUT2D eigenvalue weighted by molar-refractivity contribution is -0.120. The largest absolute Gasteiger partial charge is 0.321 e. The zero-order valence-corrected chi connectivity index (χ0v) is 11.3. The Morgan fingerprint density at radius 3 is 2.44 bits per heavy atom. The van der Waals surface area contributed by atoms with Gasteiger partial charge in [-0.3, -0.25) is 4.79 Å². The first-order valence-electron chi connectivity index (χ1n) is 5.57. The molecule has 0 aliphatic rings. The van der Waals surface area contributed by atoms with Gasteiger partial charge in [-0.2, -0.15) is 0 Å². The molecule has 1 rings (SSSR count). The Kier molecular flexibility index (Phi) is 5.16. The van der Waals surface area contributed by atoms with Crippen molar-refractivity contribution in [2.45, 2.75) is 32.7 Å². The highest BCUT2D eigenvalue weighted by Gasteiger charge is 2.19. The fraction of sp³-hybridized carbons (Fsp3) is 0.462. The Hall–Kier alpha value is -0.670. The number of benzene rings is 1. The van der Waals surface area contributed by atoms with E-state index >= 15 is 0 Å². The van der Waals surface area contributed by atoms with Crippen LogP contribution < -0.4 is 5.73 Å². The van der Waals surface area contributed by atoms with E-state index in [1.54, 1.807) is 0 Å². The summed E-state index contributed by atoms with van der Waals surface area (Å²) in [6.45, 7) is 4.07. The molecule has 0 aliphatic carbocycles. The van der Waals surface area contributed by atoms with Crippen LogP contribution in [0.25, 0.3) is 0 Å². The molecule has 88 valence electrons. The zero-order chi connectivity index (χ0) is 12.1. The van der Waals surface area contributed by atoms with Crippen LogP contribution in [0.4, 0.5) is 0 Å². The van der Waals surface area contributed by atoms with E-state index in [-0.39, 0.29) is 17.7 Å². The number of hydrogen-bond donors (Lipinski definition) is 1. The fourth-order valence-electron chi connectivity index (χ4n) is 1.49. The fourth-order valence-corrected chi connectivity index (χ4v) is 1.76. The van der Waals surface area contributed by atoms with E-state index in [9.17, 15) is 4.79 Å². The van der Waals surface area contributed by atoms with Crippen LogP contribution in [0.5, 0.6) is 0 Å². The molecule has 0 fully saturated rings. The summed E-state index contributed by atoms with van der Waals surface area (Å²) >= 11 is 3.37. The molecule has 2 atom stereocenters. The number of hydrogen-bond acceptors (Lipinski definition) is 2. The average Bonchev–Trinajstić information content (AvgIpc) is 2.30. The minimum Gasteiger partial charge on any atom is -0.321 e. The van der Waals surface area contributed by atoms with Crippen LogP contribution in [0.1, 0.15) is 25.8 Å². The maximum Gasteiger partial charge on any atom is 0.154 e. The maximum atomic E-state index is 11.9. The minimum atomic E-state index is -0.339. The van der Waals surface area contributed by atoms with Gasteiger partial charge in [0.25, 0.3) is 0 Å². The Morgan fingerprint density at radius 2 is 1.94 bits per heavy atom. The number of carbonyl (C=O) groups is 1. The van der Waals surface area contributed by atoms with Gasteiger partial charge in [-0.25, -0.2) is 0 Å². The Labute approximate surface area is 105 Å². The molecule has 2 N–H and O–H groups in total. The van der Waals surface area contributed by atoms with E-state index in [0.29, 0.717) is 6.42 Å². The molecule has 0 spiro atoms. The lowest BCUT2D eigenvalue weighted by Crippen LogP contribution is -2.37. The third-order valence-electron chi connectivity index (χ3n) is 2.92. The number of nitrogens with two attached hydrogens (primary N) is 1. The molecule has 0 heterocycles. The van der Waals surface area contributed by atoms with Gasteiger partial charge in [0.05, 0.1) is 6.04 Å². The van der Waals surface area contributed by atoms with Crippen LogP contribution in [0.15, 0.2) is 28.7 Å². The Balaban J connectivity index is 2.60. The van der Waals surface area contributed by atoms with E-state index in [1.165, 1.54) is 0 Å². The molecule has 0 saturated carbocycles. The van der Waals surface area contributed by atoms with Gasteiger partial charge in [0.2, 0.25) is 0 Å². The van der Waals surface area contributed by atoms with Gasteiger partial charge in [-0.15, -0.1) is 0 Å². The lowest BCUT2D eigenvalue weighted by atomic mass is 9.93. The molecule has 3 heteroatoms. The van der Waals surface area contributed by atoms with Gasteiger partial charge >= 0.3 is 0 Å². The molecule has 1 aromatic carbocycles. The summed E-state index contributed by atoms with van der Waals surface area (Å²) in [5, 5.41) is 0. The van der Waals surface area contributed by atoms with E-state index < -0.39 is 0 Å². The summed E-state index contributed by atoms with van der Waals surface area (Å²) in [7, 11) is 0. The third-order valence-corrected chi connectivity index (χ3v) is 3.45. The van der Waals surface area contributed by atoms with Gasteiger partial charge in [-0.1, -0.05) is 48.3 Å². The Bertz CT molecular complexity index is 347. The van der Waals surface area contributed by atoms with Crippen molar-refractivity contribution >= 4 is 21.7 Å². The van der Waals surface area contributed by atoms with E-state index in [4.69, 9.17) is 5.73 Å². The predicted molar refractivity (Wildman–Crippen MR) is 70.3 cm³/mol. The molecular weight excluding hydrogens is 266 g/mol. The van der Waals surface area contributed by atoms with Crippen LogP contribution in [0.3, 0.4) is 0 Å². The van der Waals surface area contributed by atoms with E-state index in [0.717, 1.165) is 16.5 Å². The minimum absolute atomic E-state index is 0.122. The third kappa shape index (κ3) is 3.72. The zero-order valence-electron chi connectivity index (χ0n) is 9.74. The standard InChI is InChI=1S/C13H18BrNO/c1-3-9(2)13(15)12(16)8-10-4-6-11(14)7-5-10/h4-7,9,13H,3,8,15H2,1-2H3.